The van der Waals surface area contributed by atoms with Crippen LogP contribution in [0.3, 0.4) is 0 Å². The lowest BCUT2D eigenvalue weighted by molar-refractivity contribution is 0.250. The molecule has 0 aliphatic carbocycles. The van der Waals surface area contributed by atoms with E-state index in [4.69, 9.17) is 0 Å². The van der Waals surface area contributed by atoms with Crippen molar-refractivity contribution in [3.63, 3.8) is 0 Å². The number of para-hydroxylation sites is 1. The summed E-state index contributed by atoms with van der Waals surface area (Å²) < 4.78 is 28.0. The van der Waals surface area contributed by atoms with E-state index in [0.29, 0.717) is 17.1 Å². The Kier molecular flexibility index (Phi) is 5.78. The Hall–Kier alpha value is -2.84. The van der Waals surface area contributed by atoms with Crippen molar-refractivity contribution in [2.75, 3.05) is 35.8 Å². The summed E-state index contributed by atoms with van der Waals surface area (Å²) in [7, 11) is -3.66. The molecule has 3 aromatic rings. The predicted molar refractivity (Wildman–Crippen MR) is 119 cm³/mol. The minimum Gasteiger partial charge on any atom is -0.369 e. The molecule has 2 aromatic carbocycles. The first-order valence-electron chi connectivity index (χ1n) is 10.1. The molecule has 0 atom stereocenters. The SMILES string of the molecule is Cc1n[nH]c(C)c1S(=O)(=O)Nc1ccc(CN2CCN(c3ccccc3)CC2)cc1. The Morgan fingerprint density at radius 2 is 1.63 bits per heavy atom. The summed E-state index contributed by atoms with van der Waals surface area (Å²) in [6, 6.07) is 18.1. The van der Waals surface area contributed by atoms with Gasteiger partial charge in [0.1, 0.15) is 4.90 Å². The van der Waals surface area contributed by atoms with Crippen molar-refractivity contribution in [3.05, 3.63) is 71.5 Å². The standard InChI is InChI=1S/C22H27N5O2S/c1-17-22(18(2)24-23-17)30(28,29)25-20-10-8-19(9-11-20)16-26-12-14-27(15-13-26)21-6-4-3-5-7-21/h3-11,25H,12-16H2,1-2H3,(H,23,24). The number of hydrogen-bond acceptors (Lipinski definition) is 5. The molecule has 1 saturated heterocycles. The normalized spacial score (nSPS) is 15.3. The Morgan fingerprint density at radius 1 is 0.967 bits per heavy atom. The van der Waals surface area contributed by atoms with Gasteiger partial charge in [0.25, 0.3) is 10.0 Å². The van der Waals surface area contributed by atoms with Crippen molar-refractivity contribution < 1.29 is 8.42 Å². The van der Waals surface area contributed by atoms with E-state index in [1.807, 2.05) is 30.3 Å². The van der Waals surface area contributed by atoms with Gasteiger partial charge in [0.05, 0.1) is 11.4 Å². The highest BCUT2D eigenvalue weighted by Gasteiger charge is 2.22. The summed E-state index contributed by atoms with van der Waals surface area (Å²) in [6.45, 7) is 8.25. The van der Waals surface area contributed by atoms with Crippen LogP contribution in [0.1, 0.15) is 17.0 Å². The molecule has 0 amide bonds. The van der Waals surface area contributed by atoms with E-state index < -0.39 is 10.0 Å². The highest BCUT2D eigenvalue weighted by molar-refractivity contribution is 7.92. The number of benzene rings is 2. The zero-order valence-electron chi connectivity index (χ0n) is 17.3. The van der Waals surface area contributed by atoms with Gasteiger partial charge < -0.3 is 4.90 Å². The lowest BCUT2D eigenvalue weighted by Crippen LogP contribution is -2.45. The number of H-pyrrole nitrogens is 1. The molecular weight excluding hydrogens is 398 g/mol. The van der Waals surface area contributed by atoms with Gasteiger partial charge in [-0.05, 0) is 43.7 Å². The Labute approximate surface area is 177 Å². The first-order chi connectivity index (χ1) is 14.4. The van der Waals surface area contributed by atoms with Gasteiger partial charge in [-0.2, -0.15) is 5.10 Å². The van der Waals surface area contributed by atoms with Crippen molar-refractivity contribution in [1.82, 2.24) is 15.1 Å². The number of rotatable bonds is 6. The molecule has 1 aromatic heterocycles. The van der Waals surface area contributed by atoms with E-state index in [0.717, 1.165) is 32.7 Å². The van der Waals surface area contributed by atoms with Gasteiger partial charge in [0, 0.05) is 44.1 Å². The smallest absolute Gasteiger partial charge is 0.265 e. The van der Waals surface area contributed by atoms with Gasteiger partial charge in [-0.1, -0.05) is 30.3 Å². The number of nitrogens with one attached hydrogen (secondary N) is 2. The topological polar surface area (TPSA) is 81.3 Å². The lowest BCUT2D eigenvalue weighted by Gasteiger charge is -2.36. The highest BCUT2D eigenvalue weighted by atomic mass is 32.2. The molecule has 0 saturated carbocycles. The second-order valence-electron chi connectivity index (χ2n) is 7.66. The van der Waals surface area contributed by atoms with E-state index >= 15 is 0 Å². The van der Waals surface area contributed by atoms with Gasteiger partial charge in [0.2, 0.25) is 0 Å². The second kappa shape index (κ2) is 8.49. The average molecular weight is 426 g/mol. The van der Waals surface area contributed by atoms with Crippen LogP contribution in [-0.4, -0.2) is 49.7 Å². The van der Waals surface area contributed by atoms with Crippen LogP contribution < -0.4 is 9.62 Å². The Balaban J connectivity index is 1.34. The summed E-state index contributed by atoms with van der Waals surface area (Å²) in [5.41, 5.74) is 3.99. The van der Waals surface area contributed by atoms with E-state index in [-0.39, 0.29) is 4.90 Å². The number of aromatic nitrogens is 2. The van der Waals surface area contributed by atoms with Crippen molar-refractivity contribution in [2.24, 2.45) is 0 Å². The number of piperazine rings is 1. The molecule has 0 bridgehead atoms. The van der Waals surface area contributed by atoms with Crippen molar-refractivity contribution in [1.29, 1.82) is 0 Å². The maximum absolute atomic E-state index is 12.7. The van der Waals surface area contributed by atoms with Gasteiger partial charge >= 0.3 is 0 Å². The van der Waals surface area contributed by atoms with Crippen LogP contribution in [0.25, 0.3) is 0 Å². The van der Waals surface area contributed by atoms with E-state index in [1.165, 1.54) is 11.3 Å². The van der Waals surface area contributed by atoms with E-state index in [9.17, 15) is 8.42 Å². The molecular formula is C22H27N5O2S. The van der Waals surface area contributed by atoms with Gasteiger partial charge in [0.15, 0.2) is 0 Å². The molecule has 1 fully saturated rings. The highest BCUT2D eigenvalue weighted by Crippen LogP contribution is 2.22. The number of sulfonamides is 1. The molecule has 158 valence electrons. The van der Waals surface area contributed by atoms with Crippen LogP contribution in [0.15, 0.2) is 59.5 Å². The lowest BCUT2D eigenvalue weighted by atomic mass is 10.1. The number of anilines is 2. The van der Waals surface area contributed by atoms with Crippen molar-refractivity contribution in [2.45, 2.75) is 25.3 Å². The summed E-state index contributed by atoms with van der Waals surface area (Å²) >= 11 is 0. The van der Waals surface area contributed by atoms with E-state index in [1.54, 1.807) is 13.8 Å². The number of aromatic amines is 1. The minimum absolute atomic E-state index is 0.211. The molecule has 2 N–H and O–H groups in total. The molecule has 0 radical (unpaired) electrons. The van der Waals surface area contributed by atoms with Crippen molar-refractivity contribution in [3.8, 4) is 0 Å². The summed E-state index contributed by atoms with van der Waals surface area (Å²) in [5, 5.41) is 6.69. The average Bonchev–Trinajstić information content (AvgIpc) is 3.09. The van der Waals surface area contributed by atoms with Gasteiger partial charge in [-0.25, -0.2) is 8.42 Å². The zero-order valence-corrected chi connectivity index (χ0v) is 18.1. The monoisotopic (exact) mass is 425 g/mol. The maximum atomic E-state index is 12.7. The third-order valence-electron chi connectivity index (χ3n) is 5.44. The fraction of sp³-hybridized carbons (Fsp3) is 0.318. The van der Waals surface area contributed by atoms with Crippen LogP contribution in [0.2, 0.25) is 0 Å². The van der Waals surface area contributed by atoms with Crippen LogP contribution in [0.4, 0.5) is 11.4 Å². The van der Waals surface area contributed by atoms with Crippen molar-refractivity contribution >= 4 is 21.4 Å². The molecule has 8 heteroatoms. The van der Waals surface area contributed by atoms with Gasteiger partial charge in [-0.3, -0.25) is 14.7 Å². The van der Waals surface area contributed by atoms with Crippen LogP contribution in [0.5, 0.6) is 0 Å². The Bertz CT molecular complexity index is 1070. The van der Waals surface area contributed by atoms with Crippen LogP contribution >= 0.6 is 0 Å². The summed E-state index contributed by atoms with van der Waals surface area (Å²) in [6.07, 6.45) is 0. The zero-order chi connectivity index (χ0) is 21.1. The van der Waals surface area contributed by atoms with Crippen LogP contribution in [0, 0.1) is 13.8 Å². The largest absolute Gasteiger partial charge is 0.369 e. The molecule has 1 aliphatic heterocycles. The fourth-order valence-corrected chi connectivity index (χ4v) is 5.31. The first-order valence-corrected chi connectivity index (χ1v) is 11.6. The third-order valence-corrected chi connectivity index (χ3v) is 7.08. The molecule has 7 nitrogen and oxygen atoms in total. The number of hydrogen-bond donors (Lipinski definition) is 2. The fourth-order valence-electron chi connectivity index (χ4n) is 3.88. The second-order valence-corrected chi connectivity index (χ2v) is 9.28. The maximum Gasteiger partial charge on any atom is 0.265 e. The third kappa shape index (κ3) is 4.49. The summed E-state index contributed by atoms with van der Waals surface area (Å²) in [5.74, 6) is 0. The quantitative estimate of drug-likeness (QED) is 0.634. The molecule has 30 heavy (non-hydrogen) atoms. The molecule has 2 heterocycles. The summed E-state index contributed by atoms with van der Waals surface area (Å²) in [4.78, 5) is 5.05. The first kappa shape index (κ1) is 20.4. The molecule has 0 unspecified atom stereocenters. The minimum atomic E-state index is -3.66. The number of nitrogens with zero attached hydrogens (tertiary/aromatic N) is 3. The molecule has 4 rings (SSSR count). The predicted octanol–water partition coefficient (Wildman–Crippen LogP) is 3.15. The molecule has 1 aliphatic rings. The van der Waals surface area contributed by atoms with Gasteiger partial charge in [-0.15, -0.1) is 0 Å². The van der Waals surface area contributed by atoms with Crippen LogP contribution in [-0.2, 0) is 16.6 Å². The molecule has 0 spiro atoms. The van der Waals surface area contributed by atoms with E-state index in [2.05, 4.69) is 49.0 Å². The Morgan fingerprint density at radius 3 is 2.23 bits per heavy atom. The number of aryl methyl sites for hydroxylation is 2.